The molecule has 0 bridgehead atoms. The molecule has 5 aliphatic rings. The first-order chi connectivity index (χ1) is 11.4. The molecule has 24 heavy (non-hydrogen) atoms. The number of carbonyl (C=O) groups is 1. The highest BCUT2D eigenvalue weighted by Gasteiger charge is 2.77. The highest BCUT2D eigenvalue weighted by molar-refractivity contribution is 5.76. The fourth-order valence-electron chi connectivity index (χ4n) is 7.25. The number of hydrogen-bond donors (Lipinski definition) is 1. The quantitative estimate of drug-likeness (QED) is 0.789. The van der Waals surface area contributed by atoms with E-state index < -0.39 is 5.60 Å². The van der Waals surface area contributed by atoms with Gasteiger partial charge in [0.1, 0.15) is 6.10 Å². The normalized spacial score (nSPS) is 56.4. The number of carbonyl (C=O) groups excluding carboxylic acids is 1. The van der Waals surface area contributed by atoms with E-state index in [0.717, 1.165) is 38.9 Å². The molecule has 2 aliphatic heterocycles. The van der Waals surface area contributed by atoms with E-state index in [1.54, 1.807) is 0 Å². The number of aliphatic hydroxyl groups is 1. The maximum atomic E-state index is 12.7. The van der Waals surface area contributed by atoms with Crippen molar-refractivity contribution in [2.24, 2.45) is 28.6 Å². The van der Waals surface area contributed by atoms with E-state index in [2.05, 4.69) is 11.8 Å². The van der Waals surface area contributed by atoms with Crippen LogP contribution < -0.4 is 0 Å². The zero-order valence-electron chi connectivity index (χ0n) is 15.1. The Hall–Kier alpha value is -0.610. The molecular weight excluding hydrogens is 302 g/mol. The van der Waals surface area contributed by atoms with E-state index in [0.29, 0.717) is 11.3 Å². The van der Waals surface area contributed by atoms with Crippen LogP contribution in [0, 0.1) is 28.6 Å². The number of nitrogens with zero attached hydrogens (tertiary/aromatic N) is 1. The van der Waals surface area contributed by atoms with Crippen LogP contribution in [0.25, 0.3) is 0 Å². The molecule has 0 radical (unpaired) electrons. The minimum absolute atomic E-state index is 0.0130. The van der Waals surface area contributed by atoms with Crippen LogP contribution in [-0.2, 0) is 9.53 Å². The summed E-state index contributed by atoms with van der Waals surface area (Å²) in [6.07, 6.45) is 7.96. The Bertz CT molecular complexity index is 569. The van der Waals surface area contributed by atoms with Gasteiger partial charge >= 0.3 is 5.97 Å². The Morgan fingerprint density at radius 1 is 1.21 bits per heavy atom. The molecule has 3 saturated carbocycles. The van der Waals surface area contributed by atoms with Crippen LogP contribution in [0.5, 0.6) is 0 Å². The van der Waals surface area contributed by atoms with Gasteiger partial charge in [0.05, 0.1) is 11.5 Å². The molecule has 2 heterocycles. The summed E-state index contributed by atoms with van der Waals surface area (Å²) >= 11 is 0. The summed E-state index contributed by atoms with van der Waals surface area (Å²) in [7, 11) is 0. The van der Waals surface area contributed by atoms with Crippen molar-refractivity contribution < 1.29 is 14.6 Å². The smallest absolute Gasteiger partial charge is 0.310 e. The number of ether oxygens (including phenoxy) is 1. The van der Waals surface area contributed by atoms with Gasteiger partial charge in [0, 0.05) is 18.4 Å². The van der Waals surface area contributed by atoms with Gasteiger partial charge in [-0.3, -0.25) is 4.79 Å². The van der Waals surface area contributed by atoms with Crippen molar-refractivity contribution in [2.75, 3.05) is 19.6 Å². The molecule has 5 rings (SSSR count). The van der Waals surface area contributed by atoms with Crippen LogP contribution in [0.4, 0.5) is 0 Å². The fourth-order valence-corrected chi connectivity index (χ4v) is 7.25. The van der Waals surface area contributed by atoms with E-state index in [4.69, 9.17) is 4.74 Å². The van der Waals surface area contributed by atoms with Crippen LogP contribution >= 0.6 is 0 Å². The van der Waals surface area contributed by atoms with Crippen molar-refractivity contribution in [3.8, 4) is 0 Å². The fraction of sp³-hybridized carbons (Fsp3) is 0.950. The van der Waals surface area contributed by atoms with Gasteiger partial charge in [0.2, 0.25) is 0 Å². The van der Waals surface area contributed by atoms with Crippen molar-refractivity contribution in [3.05, 3.63) is 0 Å². The van der Waals surface area contributed by atoms with Gasteiger partial charge in [-0.1, -0.05) is 6.92 Å². The maximum absolute atomic E-state index is 12.7. The predicted octanol–water partition coefficient (Wildman–Crippen LogP) is 2.59. The average molecular weight is 333 g/mol. The third kappa shape index (κ3) is 1.90. The molecule has 5 fully saturated rings. The van der Waals surface area contributed by atoms with E-state index in [1.807, 2.05) is 6.92 Å². The van der Waals surface area contributed by atoms with Crippen molar-refractivity contribution in [1.82, 2.24) is 4.90 Å². The van der Waals surface area contributed by atoms with Crippen LogP contribution in [0.3, 0.4) is 0 Å². The summed E-state index contributed by atoms with van der Waals surface area (Å²) < 4.78 is 6.03. The molecule has 134 valence electrons. The Labute approximate surface area is 144 Å². The van der Waals surface area contributed by atoms with Gasteiger partial charge < -0.3 is 14.7 Å². The van der Waals surface area contributed by atoms with E-state index in [-0.39, 0.29) is 29.3 Å². The lowest BCUT2D eigenvalue weighted by atomic mass is 9.73. The Morgan fingerprint density at radius 2 is 1.96 bits per heavy atom. The number of hydrogen-bond acceptors (Lipinski definition) is 4. The molecule has 4 nitrogen and oxygen atoms in total. The molecule has 0 aromatic heterocycles. The summed E-state index contributed by atoms with van der Waals surface area (Å²) in [5.41, 5.74) is -0.0698. The first-order valence-corrected chi connectivity index (χ1v) is 10.0. The topological polar surface area (TPSA) is 49.8 Å². The van der Waals surface area contributed by atoms with Crippen LogP contribution in [0.15, 0.2) is 0 Å². The second-order valence-corrected chi connectivity index (χ2v) is 9.95. The molecule has 7 atom stereocenters. The number of esters is 1. The molecule has 0 aromatic carbocycles. The third-order valence-electron chi connectivity index (χ3n) is 8.63. The van der Waals surface area contributed by atoms with Crippen molar-refractivity contribution in [3.63, 3.8) is 0 Å². The average Bonchev–Trinajstić information content (AvgIpc) is 2.89. The number of likely N-dealkylation sites (tertiary alicyclic amines) is 1. The molecule has 4 heteroatoms. The minimum Gasteiger partial charge on any atom is -0.461 e. The molecule has 2 saturated heterocycles. The molecule has 0 unspecified atom stereocenters. The van der Waals surface area contributed by atoms with Gasteiger partial charge in [0.15, 0.2) is 0 Å². The van der Waals surface area contributed by atoms with Crippen molar-refractivity contribution in [2.45, 2.75) is 70.5 Å². The van der Waals surface area contributed by atoms with Gasteiger partial charge in [0.25, 0.3) is 0 Å². The van der Waals surface area contributed by atoms with E-state index in [1.165, 1.54) is 25.7 Å². The van der Waals surface area contributed by atoms with Gasteiger partial charge in [-0.25, -0.2) is 0 Å². The van der Waals surface area contributed by atoms with Gasteiger partial charge in [-0.05, 0) is 75.8 Å². The highest BCUT2D eigenvalue weighted by atomic mass is 16.6. The molecule has 1 spiro atoms. The minimum atomic E-state index is -0.673. The monoisotopic (exact) mass is 333 g/mol. The van der Waals surface area contributed by atoms with Gasteiger partial charge in [-0.15, -0.1) is 0 Å². The van der Waals surface area contributed by atoms with E-state index >= 15 is 0 Å². The summed E-state index contributed by atoms with van der Waals surface area (Å²) in [4.78, 5) is 15.2. The number of rotatable bonds is 2. The number of fused-ring (bicyclic) bond motifs is 2. The zero-order valence-corrected chi connectivity index (χ0v) is 15.1. The first kappa shape index (κ1) is 15.6. The summed E-state index contributed by atoms with van der Waals surface area (Å²) in [5.74, 6) is 0.505. The second kappa shape index (κ2) is 4.76. The van der Waals surface area contributed by atoms with E-state index in [9.17, 15) is 9.90 Å². The first-order valence-electron chi connectivity index (χ1n) is 10.0. The molecule has 1 N–H and O–H groups in total. The largest absolute Gasteiger partial charge is 0.461 e. The third-order valence-corrected chi connectivity index (χ3v) is 8.63. The Kier molecular flexibility index (Phi) is 3.10. The highest BCUT2D eigenvalue weighted by Crippen LogP contribution is 2.80. The van der Waals surface area contributed by atoms with Crippen molar-refractivity contribution >= 4 is 5.97 Å². The molecule has 3 aliphatic carbocycles. The van der Waals surface area contributed by atoms with Gasteiger partial charge in [-0.2, -0.15) is 0 Å². The lowest BCUT2D eigenvalue weighted by Crippen LogP contribution is -2.44. The standard InChI is InChI=1S/C20H31NO3/c1-18-6-5-13-14(11-21-9-3-4-10-21)17(22)24-15(13)16-19(2,23)7-8-20(16,18)12-18/h13-16,23H,3-12H2,1-2H3/t13-,14-,15-,16-,18-,19+,20-/m0/s1. The predicted molar refractivity (Wildman–Crippen MR) is 90.3 cm³/mol. The van der Waals surface area contributed by atoms with Crippen LogP contribution in [0.2, 0.25) is 0 Å². The summed E-state index contributed by atoms with van der Waals surface area (Å²) in [6.45, 7) is 7.54. The van der Waals surface area contributed by atoms with Crippen LogP contribution in [-0.4, -0.2) is 47.3 Å². The Balaban J connectivity index is 1.46. The lowest BCUT2D eigenvalue weighted by molar-refractivity contribution is -0.151. The second-order valence-electron chi connectivity index (χ2n) is 9.95. The Morgan fingerprint density at radius 3 is 2.71 bits per heavy atom. The molecule has 0 aromatic rings. The van der Waals surface area contributed by atoms with Crippen molar-refractivity contribution in [1.29, 1.82) is 0 Å². The SMILES string of the molecule is C[C@@]12CC[C@@H]3[C@H](OC(=O)[C@H]3CN3CCCC3)[C@@H]3[C@]1(CC[C@@]3(C)O)C2. The maximum Gasteiger partial charge on any atom is 0.310 e. The zero-order chi connectivity index (χ0) is 16.7. The summed E-state index contributed by atoms with van der Waals surface area (Å²) in [6, 6.07) is 0. The van der Waals surface area contributed by atoms with Crippen LogP contribution in [0.1, 0.15) is 58.8 Å². The molecule has 0 amide bonds. The molecular formula is C20H31NO3. The lowest BCUT2D eigenvalue weighted by Gasteiger charge is -2.36. The summed E-state index contributed by atoms with van der Waals surface area (Å²) in [5, 5.41) is 11.1.